The number of amides is 1. The Kier molecular flexibility index (Phi) is 7.34. The van der Waals surface area contributed by atoms with Gasteiger partial charge in [-0.05, 0) is 49.6 Å². The fourth-order valence-corrected chi connectivity index (χ4v) is 6.18. The zero-order valence-corrected chi connectivity index (χ0v) is 22.8. The van der Waals surface area contributed by atoms with Crippen molar-refractivity contribution in [1.82, 2.24) is 34.3 Å². The number of hydrogen-bond acceptors (Lipinski definition) is 6. The zero-order valence-electron chi connectivity index (χ0n) is 22.1. The number of piperidine rings is 1. The molecule has 2 aliphatic rings. The maximum absolute atomic E-state index is 13.2. The average molecular weight is 545 g/mol. The Morgan fingerprint density at radius 1 is 1.08 bits per heavy atom. The van der Waals surface area contributed by atoms with E-state index in [1.807, 2.05) is 52.2 Å². The van der Waals surface area contributed by atoms with Crippen LogP contribution in [0.25, 0.3) is 17.1 Å². The summed E-state index contributed by atoms with van der Waals surface area (Å²) in [7, 11) is 0. The van der Waals surface area contributed by atoms with E-state index in [9.17, 15) is 4.79 Å². The molecule has 0 unspecified atom stereocenters. The van der Waals surface area contributed by atoms with Crippen LogP contribution in [-0.4, -0.2) is 85.0 Å². The number of halogens is 1. The van der Waals surface area contributed by atoms with Crippen molar-refractivity contribution in [3.63, 3.8) is 0 Å². The van der Waals surface area contributed by atoms with Crippen LogP contribution in [0.4, 0.5) is 5.82 Å². The van der Waals surface area contributed by atoms with Crippen LogP contribution in [0.2, 0.25) is 5.02 Å². The molecule has 4 aromatic rings. The molecular formula is C29H33ClN8O. The molecule has 0 aliphatic carbocycles. The highest BCUT2D eigenvalue weighted by Gasteiger charge is 2.35. The molecule has 1 atom stereocenters. The molecule has 9 nitrogen and oxygen atoms in total. The van der Waals surface area contributed by atoms with Crippen molar-refractivity contribution in [2.24, 2.45) is 0 Å². The molecule has 2 aliphatic heterocycles. The van der Waals surface area contributed by atoms with Crippen molar-refractivity contribution < 1.29 is 4.79 Å². The van der Waals surface area contributed by atoms with Crippen LogP contribution in [-0.2, 0) is 0 Å². The second-order valence-electron chi connectivity index (χ2n) is 10.3. The number of nitrogens with one attached hydrogen (secondary N) is 1. The van der Waals surface area contributed by atoms with E-state index in [2.05, 4.69) is 31.7 Å². The second kappa shape index (κ2) is 11.2. The molecule has 0 bridgehead atoms. The lowest BCUT2D eigenvalue weighted by molar-refractivity contribution is 0.0491. The molecule has 0 spiro atoms. The van der Waals surface area contributed by atoms with E-state index < -0.39 is 0 Å². The first kappa shape index (κ1) is 25.6. The highest BCUT2D eigenvalue weighted by atomic mass is 35.5. The summed E-state index contributed by atoms with van der Waals surface area (Å²) in [6.07, 6.45) is 13.8. The number of piperazine rings is 1. The maximum atomic E-state index is 13.2. The van der Waals surface area contributed by atoms with E-state index in [0.717, 1.165) is 80.4 Å². The van der Waals surface area contributed by atoms with Gasteiger partial charge in [0.2, 0.25) is 0 Å². The highest BCUT2D eigenvalue weighted by Crippen LogP contribution is 2.31. The number of hydrogen-bond donors (Lipinski definition) is 1. The molecule has 3 aromatic heterocycles. The first-order valence-electron chi connectivity index (χ1n) is 13.6. The molecule has 0 radical (unpaired) electrons. The molecule has 2 saturated heterocycles. The van der Waals surface area contributed by atoms with Gasteiger partial charge in [0.1, 0.15) is 11.6 Å². The summed E-state index contributed by atoms with van der Waals surface area (Å²) in [6, 6.07) is 10.6. The van der Waals surface area contributed by atoms with Crippen LogP contribution in [0.3, 0.4) is 0 Å². The van der Waals surface area contributed by atoms with Crippen molar-refractivity contribution in [1.29, 1.82) is 0 Å². The number of likely N-dealkylation sites (tertiary alicyclic amines) is 1. The fraction of sp³-hybridized carbons (Fsp3) is 0.379. The van der Waals surface area contributed by atoms with Gasteiger partial charge >= 0.3 is 0 Å². The second-order valence-corrected chi connectivity index (χ2v) is 10.7. The van der Waals surface area contributed by atoms with Gasteiger partial charge in [-0.25, -0.2) is 15.0 Å². The van der Waals surface area contributed by atoms with Gasteiger partial charge in [0, 0.05) is 92.6 Å². The number of aromatic nitrogens is 5. The number of carbonyl (C=O) groups is 1. The predicted molar refractivity (Wildman–Crippen MR) is 152 cm³/mol. The summed E-state index contributed by atoms with van der Waals surface area (Å²) in [5.41, 5.74) is 2.62. The van der Waals surface area contributed by atoms with Crippen molar-refractivity contribution in [2.75, 3.05) is 37.6 Å². The summed E-state index contributed by atoms with van der Waals surface area (Å²) in [5, 5.41) is 0.650. The standard InChI is InChI=1S/C29H33ClN8O/c1-2-23-19-36(28-26(30)17-22(18-34-28)27-32-9-10-33-27)15-16-38(23)25-7-12-35(13-8-25)29(39)21-3-5-24(6-4-21)37-14-11-31-20-37/h3-6,9-11,14,17-18,20,23,25H,2,7-8,12-13,15-16,19H2,1H3,(H,32,33)/t23-/m0/s1. The van der Waals surface area contributed by atoms with E-state index in [1.165, 1.54) is 0 Å². The predicted octanol–water partition coefficient (Wildman–Crippen LogP) is 4.52. The number of carbonyl (C=O) groups excluding carboxylic acids is 1. The van der Waals surface area contributed by atoms with E-state index in [-0.39, 0.29) is 5.91 Å². The normalized spacial score (nSPS) is 19.0. The minimum atomic E-state index is 0.112. The van der Waals surface area contributed by atoms with E-state index in [4.69, 9.17) is 16.6 Å². The first-order valence-corrected chi connectivity index (χ1v) is 14.0. The largest absolute Gasteiger partial charge is 0.353 e. The molecule has 6 rings (SSSR count). The monoisotopic (exact) mass is 544 g/mol. The quantitative estimate of drug-likeness (QED) is 0.384. The minimum absolute atomic E-state index is 0.112. The van der Waals surface area contributed by atoms with Crippen LogP contribution in [0.1, 0.15) is 36.5 Å². The van der Waals surface area contributed by atoms with Crippen LogP contribution in [0, 0.1) is 0 Å². The molecule has 202 valence electrons. The Morgan fingerprint density at radius 2 is 1.90 bits per heavy atom. The van der Waals surface area contributed by atoms with E-state index >= 15 is 0 Å². The van der Waals surface area contributed by atoms with Gasteiger partial charge in [0.05, 0.1) is 11.3 Å². The van der Waals surface area contributed by atoms with Gasteiger partial charge in [-0.1, -0.05) is 18.5 Å². The number of aromatic amines is 1. The summed E-state index contributed by atoms with van der Waals surface area (Å²) in [5.74, 6) is 1.72. The molecule has 0 saturated carbocycles. The molecule has 5 heterocycles. The molecule has 10 heteroatoms. The van der Waals surface area contributed by atoms with Gasteiger partial charge in [0.25, 0.3) is 5.91 Å². The van der Waals surface area contributed by atoms with Crippen molar-refractivity contribution in [2.45, 2.75) is 38.3 Å². The lowest BCUT2D eigenvalue weighted by Crippen LogP contribution is -2.58. The van der Waals surface area contributed by atoms with Crippen molar-refractivity contribution in [3.05, 3.63) is 78.2 Å². The lowest BCUT2D eigenvalue weighted by Gasteiger charge is -2.47. The van der Waals surface area contributed by atoms with Gasteiger partial charge in [-0.15, -0.1) is 0 Å². The Labute approximate surface area is 233 Å². The number of nitrogens with zero attached hydrogens (tertiary/aromatic N) is 7. The third kappa shape index (κ3) is 5.29. The molecule has 2 fully saturated rings. The Bertz CT molecular complexity index is 1380. The number of imidazole rings is 2. The van der Waals surface area contributed by atoms with Crippen LogP contribution < -0.4 is 4.90 Å². The molecule has 1 aromatic carbocycles. The highest BCUT2D eigenvalue weighted by molar-refractivity contribution is 6.33. The SMILES string of the molecule is CC[C@H]1CN(c2ncc(-c3ncc[nH]3)cc2Cl)CCN1C1CCN(C(=O)c2ccc(-n3ccnc3)cc2)CC1. The minimum Gasteiger partial charge on any atom is -0.353 e. The number of anilines is 1. The number of benzene rings is 1. The number of H-pyrrole nitrogens is 1. The van der Waals surface area contributed by atoms with Crippen LogP contribution >= 0.6 is 11.6 Å². The topological polar surface area (TPSA) is 86.2 Å². The summed E-state index contributed by atoms with van der Waals surface area (Å²) in [4.78, 5) is 36.4. The Morgan fingerprint density at radius 3 is 2.56 bits per heavy atom. The maximum Gasteiger partial charge on any atom is 0.253 e. The third-order valence-corrected chi connectivity index (χ3v) is 8.31. The third-order valence-electron chi connectivity index (χ3n) is 8.03. The molecule has 1 N–H and O–H groups in total. The smallest absolute Gasteiger partial charge is 0.253 e. The Balaban J connectivity index is 1.05. The van der Waals surface area contributed by atoms with Gasteiger partial charge in [-0.3, -0.25) is 9.69 Å². The number of rotatable bonds is 6. The van der Waals surface area contributed by atoms with Crippen molar-refractivity contribution >= 4 is 23.3 Å². The number of pyridine rings is 1. The average Bonchev–Trinajstić information content (AvgIpc) is 3.72. The summed E-state index contributed by atoms with van der Waals surface area (Å²) in [6.45, 7) is 6.56. The van der Waals surface area contributed by atoms with Crippen LogP contribution in [0.5, 0.6) is 0 Å². The Hall–Kier alpha value is -3.69. The lowest BCUT2D eigenvalue weighted by atomic mass is 9.97. The first-order chi connectivity index (χ1) is 19.1. The van der Waals surface area contributed by atoms with Gasteiger partial charge in [-0.2, -0.15) is 0 Å². The molecule has 39 heavy (non-hydrogen) atoms. The van der Waals surface area contributed by atoms with Gasteiger partial charge in [0.15, 0.2) is 0 Å². The zero-order chi connectivity index (χ0) is 26.8. The van der Waals surface area contributed by atoms with E-state index in [1.54, 1.807) is 24.9 Å². The van der Waals surface area contributed by atoms with Crippen molar-refractivity contribution in [3.8, 4) is 17.1 Å². The summed E-state index contributed by atoms with van der Waals surface area (Å²) >= 11 is 6.69. The van der Waals surface area contributed by atoms with Crippen LogP contribution in [0.15, 0.2) is 67.6 Å². The summed E-state index contributed by atoms with van der Waals surface area (Å²) < 4.78 is 1.93. The fourth-order valence-electron chi connectivity index (χ4n) is 5.89. The van der Waals surface area contributed by atoms with E-state index in [0.29, 0.717) is 17.1 Å². The van der Waals surface area contributed by atoms with Gasteiger partial charge < -0.3 is 19.4 Å². The molecular weight excluding hydrogens is 512 g/mol. The molecule has 1 amide bonds.